The molecule has 0 saturated heterocycles. The van der Waals surface area contributed by atoms with Gasteiger partial charge in [-0.25, -0.2) is 4.98 Å². The summed E-state index contributed by atoms with van der Waals surface area (Å²) in [5.74, 6) is -0.475. The first-order chi connectivity index (χ1) is 11.7. The van der Waals surface area contributed by atoms with Crippen molar-refractivity contribution >= 4 is 34.5 Å². The molecule has 1 heterocycles. The summed E-state index contributed by atoms with van der Waals surface area (Å²) in [7, 11) is 0. The van der Waals surface area contributed by atoms with Crippen LogP contribution in [-0.2, 0) is 4.79 Å². The molecular weight excluding hydrogens is 322 g/mol. The second kappa shape index (κ2) is 7.61. The Labute approximate surface area is 143 Å². The normalized spacial score (nSPS) is 10.3. The zero-order chi connectivity index (χ0) is 16.8. The Bertz CT molecular complexity index is 868. The molecule has 0 aliphatic heterocycles. The minimum Gasteiger partial charge on any atom is -0.272 e. The van der Waals surface area contributed by atoms with Crippen LogP contribution in [-0.4, -0.2) is 22.6 Å². The van der Waals surface area contributed by atoms with Gasteiger partial charge in [-0.2, -0.15) is 0 Å². The average molecular weight is 337 g/mol. The predicted octanol–water partition coefficient (Wildman–Crippen LogP) is 2.79. The molecule has 0 saturated carbocycles. The number of hydrazine groups is 1. The number of nitrogens with one attached hydrogen (secondary N) is 2. The molecule has 0 fully saturated rings. The van der Waals surface area contributed by atoms with Crippen LogP contribution in [0.3, 0.4) is 0 Å². The van der Waals surface area contributed by atoms with Crippen LogP contribution in [0.5, 0.6) is 0 Å². The molecule has 5 nitrogen and oxygen atoms in total. The van der Waals surface area contributed by atoms with Gasteiger partial charge in [0.15, 0.2) is 0 Å². The van der Waals surface area contributed by atoms with E-state index in [0.29, 0.717) is 5.56 Å². The number of rotatable bonds is 4. The minimum atomic E-state index is -0.349. The van der Waals surface area contributed by atoms with Crippen molar-refractivity contribution in [3.63, 3.8) is 0 Å². The highest BCUT2D eigenvalue weighted by molar-refractivity contribution is 7.99. The number of aromatic nitrogens is 1. The van der Waals surface area contributed by atoms with E-state index in [1.54, 1.807) is 24.3 Å². The molecule has 3 aromatic rings. The number of carbonyl (C=O) groups is 2. The van der Waals surface area contributed by atoms with Gasteiger partial charge in [-0.15, -0.1) is 0 Å². The average Bonchev–Trinajstić information content (AvgIpc) is 2.65. The van der Waals surface area contributed by atoms with E-state index in [1.165, 1.54) is 11.8 Å². The third-order valence-corrected chi connectivity index (χ3v) is 4.21. The Balaban J connectivity index is 1.50. The Kier molecular flexibility index (Phi) is 5.08. The van der Waals surface area contributed by atoms with E-state index in [2.05, 4.69) is 15.8 Å². The molecule has 0 atom stereocenters. The first-order valence-electron chi connectivity index (χ1n) is 7.35. The fourth-order valence-electron chi connectivity index (χ4n) is 2.09. The number of benzene rings is 2. The summed E-state index contributed by atoms with van der Waals surface area (Å²) in [6.07, 6.45) is 0. The Morgan fingerprint density at radius 2 is 1.62 bits per heavy atom. The van der Waals surface area contributed by atoms with Gasteiger partial charge in [0.1, 0.15) is 0 Å². The Morgan fingerprint density at radius 1 is 0.875 bits per heavy atom. The lowest BCUT2D eigenvalue weighted by Crippen LogP contribution is -2.42. The van der Waals surface area contributed by atoms with Crippen LogP contribution < -0.4 is 10.9 Å². The summed E-state index contributed by atoms with van der Waals surface area (Å²) >= 11 is 1.32. The number of para-hydroxylation sites is 1. The maximum Gasteiger partial charge on any atom is 0.269 e. The number of thioether (sulfide) groups is 1. The van der Waals surface area contributed by atoms with Gasteiger partial charge in [0.05, 0.1) is 16.3 Å². The Hall–Kier alpha value is -2.86. The zero-order valence-corrected chi connectivity index (χ0v) is 13.5. The van der Waals surface area contributed by atoms with Crippen molar-refractivity contribution in [2.45, 2.75) is 5.03 Å². The highest BCUT2D eigenvalue weighted by Gasteiger charge is 2.08. The number of nitrogens with zero attached hydrogens (tertiary/aromatic N) is 1. The van der Waals surface area contributed by atoms with Gasteiger partial charge >= 0.3 is 0 Å². The van der Waals surface area contributed by atoms with Crippen LogP contribution >= 0.6 is 11.8 Å². The van der Waals surface area contributed by atoms with Gasteiger partial charge in [0.25, 0.3) is 5.91 Å². The lowest BCUT2D eigenvalue weighted by Gasteiger charge is -2.07. The molecule has 6 heteroatoms. The van der Waals surface area contributed by atoms with Gasteiger partial charge in [0.2, 0.25) is 5.91 Å². The van der Waals surface area contributed by atoms with Crippen LogP contribution in [0.1, 0.15) is 10.4 Å². The molecule has 3 rings (SSSR count). The fraction of sp³-hybridized carbons (Fsp3) is 0.0556. The molecule has 0 aliphatic carbocycles. The molecule has 0 radical (unpaired) electrons. The topological polar surface area (TPSA) is 71.1 Å². The molecule has 0 aliphatic rings. The molecule has 1 aromatic heterocycles. The van der Waals surface area contributed by atoms with Crippen molar-refractivity contribution in [2.24, 2.45) is 0 Å². The van der Waals surface area contributed by atoms with Crippen molar-refractivity contribution < 1.29 is 9.59 Å². The summed E-state index contributed by atoms with van der Waals surface area (Å²) in [4.78, 5) is 28.2. The number of pyridine rings is 1. The van der Waals surface area contributed by atoms with Crippen LogP contribution in [0, 0.1) is 0 Å². The van der Waals surface area contributed by atoms with Crippen LogP contribution in [0.4, 0.5) is 0 Å². The SMILES string of the molecule is O=C(CSc1ccc2ccccc2n1)NNC(=O)c1ccccc1. The van der Waals surface area contributed by atoms with Gasteiger partial charge in [-0.3, -0.25) is 20.4 Å². The largest absolute Gasteiger partial charge is 0.272 e. The molecule has 24 heavy (non-hydrogen) atoms. The van der Waals surface area contributed by atoms with E-state index >= 15 is 0 Å². The van der Waals surface area contributed by atoms with Crippen molar-refractivity contribution in [1.82, 2.24) is 15.8 Å². The summed E-state index contributed by atoms with van der Waals surface area (Å²) < 4.78 is 0. The molecule has 0 bridgehead atoms. The maximum atomic E-state index is 11.8. The zero-order valence-electron chi connectivity index (χ0n) is 12.7. The van der Waals surface area contributed by atoms with Gasteiger partial charge < -0.3 is 0 Å². The smallest absolute Gasteiger partial charge is 0.269 e. The first-order valence-corrected chi connectivity index (χ1v) is 8.34. The predicted molar refractivity (Wildman–Crippen MR) is 94.5 cm³/mol. The quantitative estimate of drug-likeness (QED) is 0.567. The molecule has 120 valence electrons. The van der Waals surface area contributed by atoms with E-state index in [9.17, 15) is 9.59 Å². The highest BCUT2D eigenvalue weighted by Crippen LogP contribution is 2.19. The maximum absolute atomic E-state index is 11.8. The van der Waals surface area contributed by atoms with E-state index < -0.39 is 0 Å². The van der Waals surface area contributed by atoms with Crippen molar-refractivity contribution in [3.8, 4) is 0 Å². The highest BCUT2D eigenvalue weighted by atomic mass is 32.2. The summed E-state index contributed by atoms with van der Waals surface area (Å²) in [6, 6.07) is 20.4. The van der Waals surface area contributed by atoms with Gasteiger partial charge in [-0.1, -0.05) is 54.2 Å². The molecule has 0 spiro atoms. The second-order valence-electron chi connectivity index (χ2n) is 5.00. The second-order valence-corrected chi connectivity index (χ2v) is 5.99. The Morgan fingerprint density at radius 3 is 2.46 bits per heavy atom. The van der Waals surface area contributed by atoms with Crippen LogP contribution in [0.2, 0.25) is 0 Å². The van der Waals surface area contributed by atoms with Gasteiger partial charge in [0, 0.05) is 10.9 Å². The van der Waals surface area contributed by atoms with E-state index in [4.69, 9.17) is 0 Å². The van der Waals surface area contributed by atoms with E-state index in [1.807, 2.05) is 42.5 Å². The summed E-state index contributed by atoms with van der Waals surface area (Å²) in [5, 5.41) is 1.82. The third kappa shape index (κ3) is 4.11. The van der Waals surface area contributed by atoms with E-state index in [-0.39, 0.29) is 17.6 Å². The lowest BCUT2D eigenvalue weighted by atomic mass is 10.2. The van der Waals surface area contributed by atoms with Crippen molar-refractivity contribution in [2.75, 3.05) is 5.75 Å². The summed E-state index contributed by atoms with van der Waals surface area (Å²) in [6.45, 7) is 0. The molecule has 0 unspecified atom stereocenters. The fourth-order valence-corrected chi connectivity index (χ4v) is 2.77. The lowest BCUT2D eigenvalue weighted by molar-refractivity contribution is -0.119. The van der Waals surface area contributed by atoms with Crippen LogP contribution in [0.15, 0.2) is 71.8 Å². The van der Waals surface area contributed by atoms with Crippen LogP contribution in [0.25, 0.3) is 10.9 Å². The number of hydrogen-bond acceptors (Lipinski definition) is 4. The van der Waals surface area contributed by atoms with Crippen molar-refractivity contribution in [1.29, 1.82) is 0 Å². The molecular formula is C18H15N3O2S. The van der Waals surface area contributed by atoms with E-state index in [0.717, 1.165) is 15.9 Å². The minimum absolute atomic E-state index is 0.167. The standard InChI is InChI=1S/C18H15N3O2S/c22-16(20-21-18(23)14-7-2-1-3-8-14)12-24-17-11-10-13-6-4-5-9-15(13)19-17/h1-11H,12H2,(H,20,22)(H,21,23). The molecule has 2 amide bonds. The molecule has 2 aromatic carbocycles. The third-order valence-electron chi connectivity index (χ3n) is 3.28. The monoisotopic (exact) mass is 337 g/mol. The number of fused-ring (bicyclic) bond motifs is 1. The first kappa shape index (κ1) is 16.0. The number of amides is 2. The number of carbonyl (C=O) groups excluding carboxylic acids is 2. The van der Waals surface area contributed by atoms with Crippen molar-refractivity contribution in [3.05, 3.63) is 72.3 Å². The summed E-state index contributed by atoms with van der Waals surface area (Å²) in [5.41, 5.74) is 6.17. The number of hydrogen-bond donors (Lipinski definition) is 2. The molecule has 2 N–H and O–H groups in total. The van der Waals surface area contributed by atoms with Gasteiger partial charge in [-0.05, 0) is 24.3 Å².